The molecule has 3 N–H and O–H groups in total. The number of methoxy groups -OCH3 is 1. The van der Waals surface area contributed by atoms with Crippen LogP contribution in [0.5, 0.6) is 5.75 Å². The summed E-state index contributed by atoms with van der Waals surface area (Å²) in [5.41, 5.74) is 8.04. The van der Waals surface area contributed by atoms with Crippen molar-refractivity contribution in [2.24, 2.45) is 0 Å². The fourth-order valence-electron chi connectivity index (χ4n) is 1.81. The number of nitrogens with zero attached hydrogens (tertiary/aromatic N) is 1. The topological polar surface area (TPSA) is 77.1 Å². The average molecular weight is 229 g/mol. The first-order chi connectivity index (χ1) is 8.28. The van der Waals surface area contributed by atoms with Gasteiger partial charge >= 0.3 is 0 Å². The lowest BCUT2D eigenvalue weighted by molar-refractivity contribution is 0.415. The van der Waals surface area contributed by atoms with E-state index in [1.165, 1.54) is 6.20 Å². The van der Waals surface area contributed by atoms with Gasteiger partial charge in [0.15, 0.2) is 0 Å². The van der Waals surface area contributed by atoms with Gasteiger partial charge in [-0.3, -0.25) is 0 Å². The van der Waals surface area contributed by atoms with Gasteiger partial charge in [-0.25, -0.2) is 0 Å². The molecule has 86 valence electrons. The molecule has 0 aliphatic heterocycles. The van der Waals surface area contributed by atoms with Gasteiger partial charge in [0.1, 0.15) is 11.4 Å². The molecular weight excluding hydrogens is 218 g/mol. The highest BCUT2D eigenvalue weighted by Crippen LogP contribution is 2.29. The Hall–Kier alpha value is -2.43. The van der Waals surface area contributed by atoms with Gasteiger partial charge < -0.3 is 20.0 Å². The number of hydrogen-bond acceptors (Lipinski definition) is 4. The number of fused-ring (bicyclic) bond motifs is 1. The van der Waals surface area contributed by atoms with E-state index in [9.17, 15) is 0 Å². The molecule has 0 radical (unpaired) electrons. The number of nitrogens with two attached hydrogens (primary N) is 1. The van der Waals surface area contributed by atoms with Crippen molar-refractivity contribution in [3.63, 3.8) is 0 Å². The lowest BCUT2D eigenvalue weighted by atomic mass is 10.2. The Morgan fingerprint density at radius 2 is 2.24 bits per heavy atom. The lowest BCUT2D eigenvalue weighted by Gasteiger charge is -1.97. The SMILES string of the molecule is COc1ccc2cc(-c3oncc3N)[nH]c2c1. The number of nitrogen functional groups attached to an aromatic ring is 1. The summed E-state index contributed by atoms with van der Waals surface area (Å²) in [6, 6.07) is 7.77. The summed E-state index contributed by atoms with van der Waals surface area (Å²) in [4.78, 5) is 3.22. The molecule has 2 aromatic heterocycles. The second-order valence-corrected chi connectivity index (χ2v) is 3.75. The Labute approximate surface area is 97.2 Å². The van der Waals surface area contributed by atoms with Crippen LogP contribution in [0.4, 0.5) is 5.69 Å². The molecule has 0 saturated carbocycles. The van der Waals surface area contributed by atoms with Crippen LogP contribution in [0.25, 0.3) is 22.4 Å². The lowest BCUT2D eigenvalue weighted by Crippen LogP contribution is -1.84. The quantitative estimate of drug-likeness (QED) is 0.707. The Morgan fingerprint density at radius 3 is 2.94 bits per heavy atom. The summed E-state index contributed by atoms with van der Waals surface area (Å²) in [6.07, 6.45) is 1.49. The molecule has 0 unspecified atom stereocenters. The van der Waals surface area contributed by atoms with Crippen molar-refractivity contribution >= 4 is 16.6 Å². The molecule has 3 aromatic rings. The van der Waals surface area contributed by atoms with Crippen molar-refractivity contribution < 1.29 is 9.26 Å². The van der Waals surface area contributed by atoms with Crippen LogP contribution in [-0.4, -0.2) is 17.3 Å². The van der Waals surface area contributed by atoms with Crippen molar-refractivity contribution in [2.45, 2.75) is 0 Å². The molecule has 3 rings (SSSR count). The minimum Gasteiger partial charge on any atom is -0.497 e. The summed E-state index contributed by atoms with van der Waals surface area (Å²) in [7, 11) is 1.64. The zero-order valence-electron chi connectivity index (χ0n) is 9.23. The molecule has 0 amide bonds. The highest BCUT2D eigenvalue weighted by atomic mass is 16.5. The zero-order valence-corrected chi connectivity index (χ0v) is 9.23. The molecule has 0 aliphatic carbocycles. The van der Waals surface area contributed by atoms with Gasteiger partial charge in [-0.2, -0.15) is 0 Å². The standard InChI is InChI=1S/C12H11N3O2/c1-16-8-3-2-7-4-11(15-10(7)5-8)12-9(13)6-14-17-12/h2-6,15H,13H2,1H3. The fourth-order valence-corrected chi connectivity index (χ4v) is 1.81. The highest BCUT2D eigenvalue weighted by Gasteiger charge is 2.11. The molecule has 5 heteroatoms. The molecule has 0 fully saturated rings. The van der Waals surface area contributed by atoms with Crippen LogP contribution in [-0.2, 0) is 0 Å². The first kappa shape index (κ1) is 9.77. The zero-order chi connectivity index (χ0) is 11.8. The van der Waals surface area contributed by atoms with Crippen LogP contribution in [0, 0.1) is 0 Å². The molecule has 0 aliphatic rings. The highest BCUT2D eigenvalue weighted by molar-refractivity contribution is 5.87. The normalized spacial score (nSPS) is 10.9. The van der Waals surface area contributed by atoms with Crippen LogP contribution < -0.4 is 10.5 Å². The first-order valence-corrected chi connectivity index (χ1v) is 5.15. The molecule has 0 bridgehead atoms. The predicted molar refractivity (Wildman–Crippen MR) is 64.8 cm³/mol. The van der Waals surface area contributed by atoms with E-state index in [-0.39, 0.29) is 0 Å². The van der Waals surface area contributed by atoms with Gasteiger partial charge in [-0.05, 0) is 18.2 Å². The summed E-state index contributed by atoms with van der Waals surface area (Å²) in [5, 5.41) is 4.72. The third kappa shape index (κ3) is 1.52. The van der Waals surface area contributed by atoms with E-state index in [4.69, 9.17) is 15.0 Å². The van der Waals surface area contributed by atoms with Crippen molar-refractivity contribution in [2.75, 3.05) is 12.8 Å². The smallest absolute Gasteiger partial charge is 0.205 e. The molecule has 0 saturated heterocycles. The number of ether oxygens (including phenoxy) is 1. The van der Waals surface area contributed by atoms with E-state index in [1.807, 2.05) is 24.3 Å². The second-order valence-electron chi connectivity index (χ2n) is 3.75. The van der Waals surface area contributed by atoms with Crippen molar-refractivity contribution in [3.8, 4) is 17.2 Å². The average Bonchev–Trinajstić information content (AvgIpc) is 2.93. The summed E-state index contributed by atoms with van der Waals surface area (Å²) in [5.74, 6) is 1.36. The van der Waals surface area contributed by atoms with Gasteiger partial charge in [0.25, 0.3) is 0 Å². The van der Waals surface area contributed by atoms with E-state index in [0.29, 0.717) is 11.4 Å². The number of rotatable bonds is 2. The van der Waals surface area contributed by atoms with Gasteiger partial charge in [-0.1, -0.05) is 5.16 Å². The number of anilines is 1. The molecular formula is C12H11N3O2. The van der Waals surface area contributed by atoms with Crippen LogP contribution in [0.2, 0.25) is 0 Å². The molecule has 2 heterocycles. The van der Waals surface area contributed by atoms with Crippen LogP contribution in [0.1, 0.15) is 0 Å². The number of aromatic amines is 1. The second kappa shape index (κ2) is 3.55. The number of nitrogens with one attached hydrogen (secondary N) is 1. The largest absolute Gasteiger partial charge is 0.497 e. The summed E-state index contributed by atoms with van der Waals surface area (Å²) < 4.78 is 10.3. The van der Waals surface area contributed by atoms with E-state index in [2.05, 4.69) is 10.1 Å². The summed E-state index contributed by atoms with van der Waals surface area (Å²) >= 11 is 0. The Bertz CT molecular complexity index is 669. The molecule has 17 heavy (non-hydrogen) atoms. The minimum absolute atomic E-state index is 0.517. The predicted octanol–water partition coefficient (Wildman–Crippen LogP) is 2.41. The maximum absolute atomic E-state index is 5.75. The van der Waals surface area contributed by atoms with Crippen LogP contribution >= 0.6 is 0 Å². The monoisotopic (exact) mass is 229 g/mol. The number of aromatic nitrogens is 2. The Balaban J connectivity index is 2.17. The number of hydrogen-bond donors (Lipinski definition) is 2. The molecule has 0 spiro atoms. The van der Waals surface area contributed by atoms with E-state index >= 15 is 0 Å². The van der Waals surface area contributed by atoms with Crippen molar-refractivity contribution in [3.05, 3.63) is 30.5 Å². The van der Waals surface area contributed by atoms with E-state index in [0.717, 1.165) is 22.3 Å². The first-order valence-electron chi connectivity index (χ1n) is 5.15. The third-order valence-corrected chi connectivity index (χ3v) is 2.67. The Morgan fingerprint density at radius 1 is 1.35 bits per heavy atom. The van der Waals surface area contributed by atoms with Gasteiger partial charge in [0.2, 0.25) is 5.76 Å². The third-order valence-electron chi connectivity index (χ3n) is 2.67. The van der Waals surface area contributed by atoms with E-state index in [1.54, 1.807) is 7.11 Å². The van der Waals surface area contributed by atoms with Crippen LogP contribution in [0.15, 0.2) is 35.0 Å². The van der Waals surface area contributed by atoms with Gasteiger partial charge in [0.05, 0.1) is 19.0 Å². The number of H-pyrrole nitrogens is 1. The maximum Gasteiger partial charge on any atom is 0.205 e. The van der Waals surface area contributed by atoms with Crippen molar-refractivity contribution in [1.29, 1.82) is 0 Å². The summed E-state index contributed by atoms with van der Waals surface area (Å²) in [6.45, 7) is 0. The van der Waals surface area contributed by atoms with Crippen LogP contribution in [0.3, 0.4) is 0 Å². The van der Waals surface area contributed by atoms with E-state index < -0.39 is 0 Å². The minimum atomic E-state index is 0.517. The fraction of sp³-hybridized carbons (Fsp3) is 0.0833. The van der Waals surface area contributed by atoms with Gasteiger partial charge in [0, 0.05) is 17.0 Å². The molecule has 0 atom stereocenters. The number of benzene rings is 1. The maximum atomic E-state index is 5.75. The molecule has 5 nitrogen and oxygen atoms in total. The van der Waals surface area contributed by atoms with Crippen molar-refractivity contribution in [1.82, 2.24) is 10.1 Å². The Kier molecular flexibility index (Phi) is 2.04. The van der Waals surface area contributed by atoms with Gasteiger partial charge in [-0.15, -0.1) is 0 Å². The molecule has 1 aromatic carbocycles.